The molecular formula is C10H14ClNO. The molecule has 0 unspecified atom stereocenters. The molecule has 0 saturated carbocycles. The van der Waals surface area contributed by atoms with Crippen LogP contribution in [0.1, 0.15) is 25.0 Å². The summed E-state index contributed by atoms with van der Waals surface area (Å²) in [5.41, 5.74) is 6.26. The van der Waals surface area contributed by atoms with Gasteiger partial charge in [0.05, 0.1) is 5.60 Å². The van der Waals surface area contributed by atoms with Crippen molar-refractivity contribution >= 4 is 11.6 Å². The van der Waals surface area contributed by atoms with Crippen molar-refractivity contribution in [1.82, 2.24) is 0 Å². The van der Waals surface area contributed by atoms with E-state index in [4.69, 9.17) is 17.3 Å². The van der Waals surface area contributed by atoms with Crippen LogP contribution in [-0.4, -0.2) is 5.11 Å². The molecule has 72 valence electrons. The molecule has 2 nitrogen and oxygen atoms in total. The van der Waals surface area contributed by atoms with Crippen molar-refractivity contribution in [3.8, 4) is 0 Å². The van der Waals surface area contributed by atoms with E-state index in [0.29, 0.717) is 11.6 Å². The van der Waals surface area contributed by atoms with Gasteiger partial charge in [-0.05, 0) is 25.5 Å². The number of nitrogens with two attached hydrogens (primary N) is 1. The van der Waals surface area contributed by atoms with Crippen molar-refractivity contribution in [3.05, 3.63) is 34.3 Å². The Morgan fingerprint density at radius 3 is 2.46 bits per heavy atom. The first-order valence-electron chi connectivity index (χ1n) is 4.16. The monoisotopic (exact) mass is 199 g/mol. The van der Waals surface area contributed by atoms with Gasteiger partial charge in [-0.25, -0.2) is 0 Å². The van der Waals surface area contributed by atoms with Gasteiger partial charge >= 0.3 is 0 Å². The SMILES string of the molecule is CC(C)(O)c1ccc(CN)cc1Cl. The Morgan fingerprint density at radius 1 is 1.46 bits per heavy atom. The van der Waals surface area contributed by atoms with Gasteiger partial charge in [0, 0.05) is 17.1 Å². The lowest BCUT2D eigenvalue weighted by Crippen LogP contribution is -2.16. The van der Waals surface area contributed by atoms with E-state index < -0.39 is 5.60 Å². The highest BCUT2D eigenvalue weighted by molar-refractivity contribution is 6.31. The van der Waals surface area contributed by atoms with Gasteiger partial charge in [-0.3, -0.25) is 0 Å². The second kappa shape index (κ2) is 3.66. The lowest BCUT2D eigenvalue weighted by Gasteiger charge is -2.19. The second-order valence-corrected chi connectivity index (χ2v) is 3.98. The quantitative estimate of drug-likeness (QED) is 0.766. The van der Waals surface area contributed by atoms with Gasteiger partial charge in [-0.2, -0.15) is 0 Å². The van der Waals surface area contributed by atoms with Crippen LogP contribution in [0, 0.1) is 0 Å². The zero-order chi connectivity index (χ0) is 10.1. The molecule has 1 rings (SSSR count). The molecule has 1 aromatic rings. The third kappa shape index (κ3) is 2.44. The fourth-order valence-corrected chi connectivity index (χ4v) is 1.62. The highest BCUT2D eigenvalue weighted by Gasteiger charge is 2.18. The third-order valence-corrected chi connectivity index (χ3v) is 2.24. The maximum atomic E-state index is 9.72. The van der Waals surface area contributed by atoms with Crippen LogP contribution in [0.2, 0.25) is 5.02 Å². The van der Waals surface area contributed by atoms with Crippen LogP contribution in [0.15, 0.2) is 18.2 Å². The average molecular weight is 200 g/mol. The summed E-state index contributed by atoms with van der Waals surface area (Å²) < 4.78 is 0. The van der Waals surface area contributed by atoms with Gasteiger partial charge in [0.1, 0.15) is 0 Å². The summed E-state index contributed by atoms with van der Waals surface area (Å²) in [5.74, 6) is 0. The third-order valence-electron chi connectivity index (χ3n) is 1.93. The summed E-state index contributed by atoms with van der Waals surface area (Å²) in [6, 6.07) is 5.47. The molecule has 13 heavy (non-hydrogen) atoms. The molecule has 3 N–H and O–H groups in total. The topological polar surface area (TPSA) is 46.2 Å². The molecule has 0 radical (unpaired) electrons. The number of aliphatic hydroxyl groups is 1. The van der Waals surface area contributed by atoms with Crippen LogP contribution in [-0.2, 0) is 12.1 Å². The van der Waals surface area contributed by atoms with Crippen LogP contribution in [0.25, 0.3) is 0 Å². The molecular weight excluding hydrogens is 186 g/mol. The molecule has 0 bridgehead atoms. The Labute approximate surface area is 83.3 Å². The molecule has 3 heteroatoms. The van der Waals surface area contributed by atoms with Crippen LogP contribution in [0.3, 0.4) is 0 Å². The van der Waals surface area contributed by atoms with Crippen molar-refractivity contribution in [2.75, 3.05) is 0 Å². The Hall–Kier alpha value is -0.570. The van der Waals surface area contributed by atoms with Gasteiger partial charge in [0.2, 0.25) is 0 Å². The molecule has 0 fully saturated rings. The van der Waals surface area contributed by atoms with Gasteiger partial charge in [0.15, 0.2) is 0 Å². The molecule has 0 atom stereocenters. The van der Waals surface area contributed by atoms with Crippen LogP contribution >= 0.6 is 11.6 Å². The van der Waals surface area contributed by atoms with E-state index >= 15 is 0 Å². The summed E-state index contributed by atoms with van der Waals surface area (Å²) in [5, 5.41) is 10.3. The van der Waals surface area contributed by atoms with Crippen molar-refractivity contribution in [1.29, 1.82) is 0 Å². The summed E-state index contributed by atoms with van der Waals surface area (Å²) in [7, 11) is 0. The Kier molecular flexibility index (Phi) is 2.96. The minimum Gasteiger partial charge on any atom is -0.386 e. The van der Waals surface area contributed by atoms with Gasteiger partial charge in [0.25, 0.3) is 0 Å². The molecule has 1 aromatic carbocycles. The van der Waals surface area contributed by atoms with Crippen LogP contribution in [0.5, 0.6) is 0 Å². The maximum Gasteiger partial charge on any atom is 0.0854 e. The smallest absolute Gasteiger partial charge is 0.0854 e. The summed E-state index contributed by atoms with van der Waals surface area (Å²) in [6.07, 6.45) is 0. The highest BCUT2D eigenvalue weighted by atomic mass is 35.5. The minimum atomic E-state index is -0.899. The molecule has 0 heterocycles. The zero-order valence-corrected chi connectivity index (χ0v) is 8.60. The summed E-state index contributed by atoms with van der Waals surface area (Å²) in [6.45, 7) is 3.87. The Bertz CT molecular complexity index is 304. The first-order chi connectivity index (χ1) is 5.95. The normalized spacial score (nSPS) is 11.8. The first kappa shape index (κ1) is 10.5. The lowest BCUT2D eigenvalue weighted by molar-refractivity contribution is 0.0787. The Balaban J connectivity index is 3.13. The van der Waals surface area contributed by atoms with Crippen molar-refractivity contribution in [2.45, 2.75) is 26.0 Å². The zero-order valence-electron chi connectivity index (χ0n) is 7.84. The number of benzene rings is 1. The van der Waals surface area contributed by atoms with E-state index in [2.05, 4.69) is 0 Å². The maximum absolute atomic E-state index is 9.72. The molecule has 0 saturated heterocycles. The lowest BCUT2D eigenvalue weighted by atomic mass is 9.97. The molecule has 0 amide bonds. The van der Waals surface area contributed by atoms with Crippen LogP contribution in [0.4, 0.5) is 0 Å². The van der Waals surface area contributed by atoms with Crippen molar-refractivity contribution in [3.63, 3.8) is 0 Å². The number of hydrogen-bond acceptors (Lipinski definition) is 2. The Morgan fingerprint density at radius 2 is 2.08 bits per heavy atom. The van der Waals surface area contributed by atoms with Gasteiger partial charge in [-0.1, -0.05) is 23.7 Å². The predicted molar refractivity (Wildman–Crippen MR) is 54.6 cm³/mol. The average Bonchev–Trinajstić information content (AvgIpc) is 2.01. The second-order valence-electron chi connectivity index (χ2n) is 3.58. The summed E-state index contributed by atoms with van der Waals surface area (Å²) in [4.78, 5) is 0. The predicted octanol–water partition coefficient (Wildman–Crippen LogP) is 2.03. The minimum absolute atomic E-state index is 0.464. The van der Waals surface area contributed by atoms with Crippen molar-refractivity contribution in [2.24, 2.45) is 5.73 Å². The fraction of sp³-hybridized carbons (Fsp3) is 0.400. The fourth-order valence-electron chi connectivity index (χ4n) is 1.18. The molecule has 0 spiro atoms. The van der Waals surface area contributed by atoms with E-state index in [1.807, 2.05) is 12.1 Å². The standard InChI is InChI=1S/C10H14ClNO/c1-10(2,13)8-4-3-7(6-12)5-9(8)11/h3-5,13H,6,12H2,1-2H3. The largest absolute Gasteiger partial charge is 0.386 e. The summed E-state index contributed by atoms with van der Waals surface area (Å²) >= 11 is 5.98. The highest BCUT2D eigenvalue weighted by Crippen LogP contribution is 2.28. The molecule has 0 aromatic heterocycles. The number of halogens is 1. The molecule has 0 aliphatic carbocycles. The van der Waals surface area contributed by atoms with Gasteiger partial charge < -0.3 is 10.8 Å². The van der Waals surface area contributed by atoms with Crippen LogP contribution < -0.4 is 5.73 Å². The molecule has 0 aliphatic heterocycles. The first-order valence-corrected chi connectivity index (χ1v) is 4.54. The van der Waals surface area contributed by atoms with E-state index in [9.17, 15) is 5.11 Å². The van der Waals surface area contributed by atoms with E-state index in [1.54, 1.807) is 19.9 Å². The van der Waals surface area contributed by atoms with Crippen molar-refractivity contribution < 1.29 is 5.11 Å². The van der Waals surface area contributed by atoms with E-state index in [0.717, 1.165) is 11.1 Å². The number of rotatable bonds is 2. The van der Waals surface area contributed by atoms with E-state index in [-0.39, 0.29) is 0 Å². The number of hydrogen-bond donors (Lipinski definition) is 2. The molecule has 0 aliphatic rings. The van der Waals surface area contributed by atoms with E-state index in [1.165, 1.54) is 0 Å². The van der Waals surface area contributed by atoms with Gasteiger partial charge in [-0.15, -0.1) is 0 Å².